The Morgan fingerprint density at radius 2 is 2.23 bits per heavy atom. The maximum Gasteiger partial charge on any atom is 0.124 e. The molecule has 3 rings (SSSR count). The van der Waals surface area contributed by atoms with Crippen LogP contribution in [0.2, 0.25) is 5.02 Å². The molecule has 22 heavy (non-hydrogen) atoms. The second kappa shape index (κ2) is 6.28. The van der Waals surface area contributed by atoms with E-state index in [4.69, 9.17) is 22.1 Å². The molecular formula is C16H21ClN4O. The number of methoxy groups -OCH3 is 1. The maximum absolute atomic E-state index is 6.34. The molecule has 0 amide bonds. The van der Waals surface area contributed by atoms with E-state index in [9.17, 15) is 0 Å². The predicted octanol–water partition coefficient (Wildman–Crippen LogP) is 2.01. The standard InChI is InChI=1S/C16H21ClN4O/c1-20-10-19-6-15(20)12-8-21(9-14(12)18)7-11-13(17)4-3-5-16(11)22-2/h3-6,10,12,14H,7-9,18H2,1-2H3/t12-,14-/m1/s1. The fraction of sp³-hybridized carbons (Fsp3) is 0.438. The van der Waals surface area contributed by atoms with Gasteiger partial charge in [0, 0.05) is 61.1 Å². The predicted molar refractivity (Wildman–Crippen MR) is 87.2 cm³/mol. The van der Waals surface area contributed by atoms with Gasteiger partial charge in [0.15, 0.2) is 0 Å². The van der Waals surface area contributed by atoms with Gasteiger partial charge in [-0.1, -0.05) is 17.7 Å². The SMILES string of the molecule is COc1cccc(Cl)c1CN1C[C@@H](N)[C@H](c2cncn2C)C1. The van der Waals surface area contributed by atoms with E-state index < -0.39 is 0 Å². The Labute approximate surface area is 135 Å². The Morgan fingerprint density at radius 3 is 2.91 bits per heavy atom. The Kier molecular flexibility index (Phi) is 4.38. The van der Waals surface area contributed by atoms with Crippen LogP contribution in [0.3, 0.4) is 0 Å². The number of hydrogen-bond donors (Lipinski definition) is 1. The monoisotopic (exact) mass is 320 g/mol. The van der Waals surface area contributed by atoms with Gasteiger partial charge in [0.05, 0.1) is 13.4 Å². The molecule has 0 radical (unpaired) electrons. The zero-order valence-corrected chi connectivity index (χ0v) is 13.6. The number of nitrogens with two attached hydrogens (primary N) is 1. The molecule has 0 unspecified atom stereocenters. The lowest BCUT2D eigenvalue weighted by molar-refractivity contribution is 0.314. The summed E-state index contributed by atoms with van der Waals surface area (Å²) in [6.07, 6.45) is 3.73. The van der Waals surface area contributed by atoms with E-state index in [2.05, 4.69) is 9.88 Å². The highest BCUT2D eigenvalue weighted by Gasteiger charge is 2.33. The number of hydrogen-bond acceptors (Lipinski definition) is 4. The molecule has 1 aliphatic rings. The van der Waals surface area contributed by atoms with Gasteiger partial charge >= 0.3 is 0 Å². The van der Waals surface area contributed by atoms with E-state index in [1.54, 1.807) is 7.11 Å². The maximum atomic E-state index is 6.34. The van der Waals surface area contributed by atoms with Crippen molar-refractivity contribution in [3.63, 3.8) is 0 Å². The Balaban J connectivity index is 1.77. The van der Waals surface area contributed by atoms with Crippen LogP contribution in [0.5, 0.6) is 5.75 Å². The summed E-state index contributed by atoms with van der Waals surface area (Å²) in [5.41, 5.74) is 8.54. The van der Waals surface area contributed by atoms with E-state index in [-0.39, 0.29) is 6.04 Å². The largest absolute Gasteiger partial charge is 0.496 e. The third-order valence-electron chi connectivity index (χ3n) is 4.35. The van der Waals surface area contributed by atoms with Gasteiger partial charge in [-0.25, -0.2) is 4.98 Å². The van der Waals surface area contributed by atoms with Gasteiger partial charge < -0.3 is 15.0 Å². The van der Waals surface area contributed by atoms with Crippen molar-refractivity contribution in [1.29, 1.82) is 0 Å². The van der Waals surface area contributed by atoms with Gasteiger partial charge in [0.25, 0.3) is 0 Å². The number of likely N-dealkylation sites (tertiary alicyclic amines) is 1. The van der Waals surface area contributed by atoms with Crippen LogP contribution in [0.1, 0.15) is 17.2 Å². The van der Waals surface area contributed by atoms with Gasteiger partial charge in [-0.05, 0) is 12.1 Å². The average molecular weight is 321 g/mol. The van der Waals surface area contributed by atoms with Gasteiger partial charge in [0.1, 0.15) is 5.75 Å². The second-order valence-electron chi connectivity index (χ2n) is 5.81. The smallest absolute Gasteiger partial charge is 0.124 e. The molecular weight excluding hydrogens is 300 g/mol. The Hall–Kier alpha value is -1.56. The molecule has 2 aromatic rings. The van der Waals surface area contributed by atoms with Crippen molar-refractivity contribution in [1.82, 2.24) is 14.5 Å². The summed E-state index contributed by atoms with van der Waals surface area (Å²) in [4.78, 5) is 6.52. The Morgan fingerprint density at radius 1 is 1.41 bits per heavy atom. The molecule has 5 nitrogen and oxygen atoms in total. The van der Waals surface area contributed by atoms with Crippen molar-refractivity contribution in [2.75, 3.05) is 20.2 Å². The number of ether oxygens (including phenoxy) is 1. The molecule has 0 bridgehead atoms. The molecule has 0 saturated carbocycles. The number of imidazole rings is 1. The lowest BCUT2D eigenvalue weighted by Gasteiger charge is -2.18. The van der Waals surface area contributed by atoms with Crippen molar-refractivity contribution in [2.45, 2.75) is 18.5 Å². The molecule has 1 aromatic carbocycles. The first-order valence-electron chi connectivity index (χ1n) is 7.35. The lowest BCUT2D eigenvalue weighted by Crippen LogP contribution is -2.29. The highest BCUT2D eigenvalue weighted by atomic mass is 35.5. The number of nitrogens with zero attached hydrogens (tertiary/aromatic N) is 3. The molecule has 0 spiro atoms. The lowest BCUT2D eigenvalue weighted by atomic mass is 10.0. The summed E-state index contributed by atoms with van der Waals surface area (Å²) in [6.45, 7) is 2.48. The van der Waals surface area contributed by atoms with Crippen molar-refractivity contribution >= 4 is 11.6 Å². The zero-order chi connectivity index (χ0) is 15.7. The first kappa shape index (κ1) is 15.3. The zero-order valence-electron chi connectivity index (χ0n) is 12.9. The Bertz CT molecular complexity index is 657. The van der Waals surface area contributed by atoms with Crippen LogP contribution < -0.4 is 10.5 Å². The van der Waals surface area contributed by atoms with Crippen LogP contribution in [-0.2, 0) is 13.6 Å². The van der Waals surface area contributed by atoms with E-state index in [1.165, 1.54) is 5.69 Å². The number of halogens is 1. The first-order valence-corrected chi connectivity index (χ1v) is 7.73. The number of benzene rings is 1. The minimum absolute atomic E-state index is 0.101. The molecule has 2 atom stereocenters. The van der Waals surface area contributed by atoms with Crippen LogP contribution in [0.25, 0.3) is 0 Å². The van der Waals surface area contributed by atoms with Crippen LogP contribution in [0.15, 0.2) is 30.7 Å². The molecule has 2 heterocycles. The van der Waals surface area contributed by atoms with Gasteiger partial charge in [0.2, 0.25) is 0 Å². The summed E-state index contributed by atoms with van der Waals surface area (Å²) < 4.78 is 7.47. The summed E-state index contributed by atoms with van der Waals surface area (Å²) in [5.74, 6) is 1.12. The van der Waals surface area contributed by atoms with Crippen LogP contribution >= 0.6 is 11.6 Å². The summed E-state index contributed by atoms with van der Waals surface area (Å²) in [5, 5.41) is 0.733. The van der Waals surface area contributed by atoms with Crippen molar-refractivity contribution in [3.8, 4) is 5.75 Å². The average Bonchev–Trinajstić information content (AvgIpc) is 3.06. The van der Waals surface area contributed by atoms with Crippen LogP contribution in [0.4, 0.5) is 0 Å². The van der Waals surface area contributed by atoms with Crippen molar-refractivity contribution in [3.05, 3.63) is 47.0 Å². The van der Waals surface area contributed by atoms with Gasteiger partial charge in [-0.2, -0.15) is 0 Å². The van der Waals surface area contributed by atoms with Gasteiger partial charge in [-0.15, -0.1) is 0 Å². The molecule has 2 N–H and O–H groups in total. The van der Waals surface area contributed by atoms with E-state index in [1.807, 2.05) is 42.3 Å². The first-order chi connectivity index (χ1) is 10.6. The van der Waals surface area contributed by atoms with Crippen molar-refractivity contribution < 1.29 is 4.74 Å². The topological polar surface area (TPSA) is 56.3 Å². The minimum Gasteiger partial charge on any atom is -0.496 e. The summed E-state index contributed by atoms with van der Waals surface area (Å²) in [6, 6.07) is 5.84. The molecule has 1 saturated heterocycles. The molecule has 118 valence electrons. The number of aromatic nitrogens is 2. The van der Waals surface area contributed by atoms with E-state index in [0.29, 0.717) is 5.92 Å². The highest BCUT2D eigenvalue weighted by molar-refractivity contribution is 6.31. The molecule has 1 aromatic heterocycles. The third kappa shape index (κ3) is 2.84. The quantitative estimate of drug-likeness (QED) is 0.936. The van der Waals surface area contributed by atoms with Crippen LogP contribution in [0, 0.1) is 0 Å². The minimum atomic E-state index is 0.101. The van der Waals surface area contributed by atoms with E-state index in [0.717, 1.165) is 36.0 Å². The normalized spacial score (nSPS) is 22.2. The molecule has 1 fully saturated rings. The second-order valence-corrected chi connectivity index (χ2v) is 6.22. The van der Waals surface area contributed by atoms with Crippen molar-refractivity contribution in [2.24, 2.45) is 12.8 Å². The molecule has 1 aliphatic heterocycles. The number of aryl methyl sites for hydroxylation is 1. The molecule has 6 heteroatoms. The third-order valence-corrected chi connectivity index (χ3v) is 4.71. The summed E-state index contributed by atoms with van der Waals surface area (Å²) >= 11 is 6.33. The number of rotatable bonds is 4. The summed E-state index contributed by atoms with van der Waals surface area (Å²) in [7, 11) is 3.68. The fourth-order valence-electron chi connectivity index (χ4n) is 3.19. The van der Waals surface area contributed by atoms with E-state index >= 15 is 0 Å². The highest BCUT2D eigenvalue weighted by Crippen LogP contribution is 2.32. The van der Waals surface area contributed by atoms with Gasteiger partial charge in [-0.3, -0.25) is 4.90 Å². The fourth-order valence-corrected chi connectivity index (χ4v) is 3.41. The molecule has 0 aliphatic carbocycles. The van der Waals surface area contributed by atoms with Crippen LogP contribution in [-0.4, -0.2) is 40.7 Å².